The van der Waals surface area contributed by atoms with Gasteiger partial charge in [0.2, 0.25) is 5.60 Å². The van der Waals surface area contributed by atoms with Crippen molar-refractivity contribution < 1.29 is 40.7 Å². The largest absolute Gasteiger partial charge is 0.426 e. The van der Waals surface area contributed by atoms with E-state index in [1.807, 2.05) is 6.07 Å². The Labute approximate surface area is 216 Å². The minimum atomic E-state index is -5.22. The monoisotopic (exact) mass is 554 g/mol. The molecular weight excluding hydrogens is 534 g/mol. The van der Waals surface area contributed by atoms with Gasteiger partial charge in [0.1, 0.15) is 5.69 Å². The number of anilines is 1. The Kier molecular flexibility index (Phi) is 7.26. The molecule has 2 aromatic heterocycles. The predicted octanol–water partition coefficient (Wildman–Crippen LogP) is 4.57. The molecule has 1 atom stereocenters. The average molecular weight is 554 g/mol. The summed E-state index contributed by atoms with van der Waals surface area (Å²) in [6.07, 6.45) is -11.2. The van der Waals surface area contributed by atoms with Crippen molar-refractivity contribution in [3.8, 4) is 17.7 Å². The number of carbonyl (C=O) groups is 1. The van der Waals surface area contributed by atoms with Gasteiger partial charge in [-0.25, -0.2) is 4.98 Å². The number of aliphatic hydroxyl groups is 1. The fourth-order valence-corrected chi connectivity index (χ4v) is 4.16. The average Bonchev–Trinajstić information content (AvgIpc) is 3.36. The van der Waals surface area contributed by atoms with Crippen molar-refractivity contribution in [3.05, 3.63) is 58.6 Å². The highest BCUT2D eigenvalue weighted by Gasteiger charge is 2.58. The van der Waals surface area contributed by atoms with Gasteiger partial charge in [-0.3, -0.25) is 4.79 Å². The quantitative estimate of drug-likeness (QED) is 0.439. The van der Waals surface area contributed by atoms with Crippen LogP contribution in [-0.4, -0.2) is 43.8 Å². The molecule has 3 aromatic rings. The molecule has 206 valence electrons. The summed E-state index contributed by atoms with van der Waals surface area (Å²) in [4.78, 5) is 18.3. The summed E-state index contributed by atoms with van der Waals surface area (Å²) in [5.41, 5.74) is -1.01. The van der Waals surface area contributed by atoms with Gasteiger partial charge in [0.25, 0.3) is 17.7 Å². The molecule has 1 unspecified atom stereocenters. The number of alkyl halides is 6. The van der Waals surface area contributed by atoms with E-state index in [-0.39, 0.29) is 37.9 Å². The molecule has 39 heavy (non-hydrogen) atoms. The number of hydrogen-bond acceptors (Lipinski definition) is 8. The lowest BCUT2D eigenvalue weighted by Crippen LogP contribution is -2.42. The van der Waals surface area contributed by atoms with E-state index in [2.05, 4.69) is 15.2 Å². The first-order valence-electron chi connectivity index (χ1n) is 11.5. The molecular formula is C24H20F6N6O3. The summed E-state index contributed by atoms with van der Waals surface area (Å²) in [6, 6.07) is 8.40. The van der Waals surface area contributed by atoms with Crippen molar-refractivity contribution in [1.82, 2.24) is 20.1 Å². The van der Waals surface area contributed by atoms with Crippen LogP contribution < -0.4 is 5.73 Å². The molecule has 0 spiro atoms. The zero-order valence-electron chi connectivity index (χ0n) is 20.0. The highest BCUT2D eigenvalue weighted by atomic mass is 19.4. The molecule has 1 aromatic carbocycles. The lowest BCUT2D eigenvalue weighted by molar-refractivity contribution is -0.277. The minimum Gasteiger partial charge on any atom is -0.416 e. The van der Waals surface area contributed by atoms with Crippen LogP contribution in [0.4, 0.5) is 32.0 Å². The molecule has 0 aliphatic carbocycles. The molecule has 4 bridgehead atoms. The van der Waals surface area contributed by atoms with Crippen molar-refractivity contribution in [1.29, 1.82) is 5.26 Å². The zero-order chi connectivity index (χ0) is 28.6. The van der Waals surface area contributed by atoms with E-state index in [9.17, 15) is 36.2 Å². The van der Waals surface area contributed by atoms with Gasteiger partial charge in [0.15, 0.2) is 5.69 Å². The number of halogens is 6. The second-order valence-corrected chi connectivity index (χ2v) is 8.94. The highest BCUT2D eigenvalue weighted by Crippen LogP contribution is 2.43. The van der Waals surface area contributed by atoms with Crippen LogP contribution in [0.3, 0.4) is 0 Å². The molecule has 0 fully saturated rings. The number of carbonyl (C=O) groups excluding carboxylic acids is 1. The molecule has 1 aliphatic rings. The zero-order valence-corrected chi connectivity index (χ0v) is 20.0. The van der Waals surface area contributed by atoms with Gasteiger partial charge in [0.05, 0.1) is 22.9 Å². The Hall–Kier alpha value is -4.19. The smallest absolute Gasteiger partial charge is 0.416 e. The van der Waals surface area contributed by atoms with E-state index in [1.54, 1.807) is 6.07 Å². The van der Waals surface area contributed by atoms with Gasteiger partial charge in [-0.05, 0) is 43.0 Å². The van der Waals surface area contributed by atoms with Gasteiger partial charge in [-0.2, -0.15) is 31.6 Å². The maximum absolute atomic E-state index is 14.0. The summed E-state index contributed by atoms with van der Waals surface area (Å²) >= 11 is 0. The van der Waals surface area contributed by atoms with Crippen LogP contribution in [0.15, 0.2) is 34.7 Å². The lowest BCUT2D eigenvalue weighted by atomic mass is 9.95. The Bertz CT molecular complexity index is 1430. The van der Waals surface area contributed by atoms with Crippen molar-refractivity contribution in [3.63, 3.8) is 0 Å². The Morgan fingerprint density at radius 1 is 1.10 bits per heavy atom. The second kappa shape index (κ2) is 10.2. The fraction of sp³-hybridized carbons (Fsp3) is 0.375. The van der Waals surface area contributed by atoms with Gasteiger partial charge >= 0.3 is 12.4 Å². The first-order chi connectivity index (χ1) is 18.2. The van der Waals surface area contributed by atoms with E-state index in [0.29, 0.717) is 11.6 Å². The summed E-state index contributed by atoms with van der Waals surface area (Å²) in [7, 11) is 0. The number of fused-ring (bicyclic) bond motifs is 5. The molecule has 1 amide bonds. The van der Waals surface area contributed by atoms with Crippen molar-refractivity contribution in [2.45, 2.75) is 50.2 Å². The molecule has 0 saturated heterocycles. The fourth-order valence-electron chi connectivity index (χ4n) is 4.16. The van der Waals surface area contributed by atoms with Crippen LogP contribution in [0, 0.1) is 11.3 Å². The highest BCUT2D eigenvalue weighted by molar-refractivity contribution is 5.95. The molecule has 1 aliphatic heterocycles. The predicted molar refractivity (Wildman–Crippen MR) is 121 cm³/mol. The molecule has 9 nitrogen and oxygen atoms in total. The molecule has 15 heteroatoms. The standard InChI is InChI=1S/C24H20F6N6O3/c25-23(26,27)15-10-16(32)18-19-34-35-21(39-19)22(38,24(28,29)30)7-2-1-3-8-36(20(37)17(15)33-18)12-14-6-4-5-13(9-14)11-31/h4-6,9-10,38H,1-3,7-8,12,32H2. The van der Waals surface area contributed by atoms with Gasteiger partial charge in [-0.15, -0.1) is 10.2 Å². The van der Waals surface area contributed by atoms with E-state index in [0.717, 1.165) is 4.90 Å². The third kappa shape index (κ3) is 5.51. The Morgan fingerprint density at radius 2 is 1.85 bits per heavy atom. The maximum Gasteiger partial charge on any atom is 0.426 e. The van der Waals surface area contributed by atoms with Crippen LogP contribution in [0.5, 0.6) is 0 Å². The number of nitrogen functional groups attached to an aromatic ring is 1. The molecule has 0 saturated carbocycles. The Balaban J connectivity index is 1.87. The summed E-state index contributed by atoms with van der Waals surface area (Å²) < 4.78 is 88.4. The van der Waals surface area contributed by atoms with Crippen LogP contribution in [0.25, 0.3) is 11.6 Å². The maximum atomic E-state index is 14.0. The van der Waals surface area contributed by atoms with Crippen molar-refractivity contribution >= 4 is 11.6 Å². The van der Waals surface area contributed by atoms with Gasteiger partial charge < -0.3 is 20.2 Å². The number of nitrogens with zero attached hydrogens (tertiary/aromatic N) is 5. The number of nitriles is 1. The van der Waals surface area contributed by atoms with E-state index in [4.69, 9.17) is 15.4 Å². The minimum absolute atomic E-state index is 0.0634. The molecule has 4 rings (SSSR count). The summed E-state index contributed by atoms with van der Waals surface area (Å²) in [5, 5.41) is 26.3. The second-order valence-electron chi connectivity index (χ2n) is 8.94. The molecule has 0 radical (unpaired) electrons. The van der Waals surface area contributed by atoms with E-state index < -0.39 is 64.7 Å². The number of nitrogens with two attached hydrogens (primary N) is 1. The van der Waals surface area contributed by atoms with Crippen LogP contribution in [0.1, 0.15) is 58.8 Å². The number of benzene rings is 1. The van der Waals surface area contributed by atoms with E-state index in [1.165, 1.54) is 18.2 Å². The van der Waals surface area contributed by atoms with Crippen molar-refractivity contribution in [2.24, 2.45) is 0 Å². The van der Waals surface area contributed by atoms with Crippen molar-refractivity contribution in [2.75, 3.05) is 12.3 Å². The SMILES string of the molecule is N#Cc1cccc(CN2CCCCCC(O)(C(F)(F)F)c3nnc(o3)-c3nc(c(C(F)(F)F)cc3N)C2=O)c1. The third-order valence-electron chi connectivity index (χ3n) is 6.19. The first kappa shape index (κ1) is 27.8. The first-order valence-corrected chi connectivity index (χ1v) is 11.5. The molecule has 3 N–H and O–H groups in total. The number of amides is 1. The molecule has 3 heterocycles. The number of aromatic nitrogens is 3. The number of hydrogen-bond donors (Lipinski definition) is 2. The van der Waals surface area contributed by atoms with Gasteiger partial charge in [0, 0.05) is 13.1 Å². The normalized spacial score (nSPS) is 18.9. The third-order valence-corrected chi connectivity index (χ3v) is 6.19. The number of rotatable bonds is 2. The topological polar surface area (TPSA) is 142 Å². The Morgan fingerprint density at radius 3 is 2.51 bits per heavy atom. The number of pyridine rings is 1. The van der Waals surface area contributed by atoms with Crippen LogP contribution >= 0.6 is 0 Å². The van der Waals surface area contributed by atoms with Crippen LogP contribution in [-0.2, 0) is 18.3 Å². The van der Waals surface area contributed by atoms with Crippen LogP contribution in [0.2, 0.25) is 0 Å². The summed E-state index contributed by atoms with van der Waals surface area (Å²) in [5.74, 6) is -3.16. The van der Waals surface area contributed by atoms with E-state index >= 15 is 0 Å². The summed E-state index contributed by atoms with van der Waals surface area (Å²) in [6.45, 7) is -0.374. The lowest BCUT2D eigenvalue weighted by Gasteiger charge is -2.27. The van der Waals surface area contributed by atoms with Gasteiger partial charge in [-0.1, -0.05) is 18.6 Å².